The molecule has 3 heterocycles. The quantitative estimate of drug-likeness (QED) is 0.0876. The monoisotopic (exact) mass is 663 g/mol. The summed E-state index contributed by atoms with van der Waals surface area (Å²) in [7, 11) is 0. The van der Waals surface area contributed by atoms with Gasteiger partial charge >= 0.3 is 0 Å². The number of nitrogens with zero attached hydrogens (tertiary/aromatic N) is 3. The van der Waals surface area contributed by atoms with Crippen LogP contribution in [0.25, 0.3) is 0 Å². The molecule has 262 valence electrons. The Morgan fingerprint density at radius 1 is 0.957 bits per heavy atom. The lowest BCUT2D eigenvalue weighted by Gasteiger charge is -2.41. The van der Waals surface area contributed by atoms with Gasteiger partial charge in [0, 0.05) is 57.7 Å². The van der Waals surface area contributed by atoms with Crippen molar-refractivity contribution in [1.82, 2.24) is 25.6 Å². The molecule has 1 aromatic heterocycles. The minimum atomic E-state index is -1.08. The number of Topliss-reactive ketones (excluding diaryl/α,β-unsaturated/α-hetero) is 1. The fourth-order valence-corrected chi connectivity index (χ4v) is 5.24. The first-order chi connectivity index (χ1) is 22.9. The summed E-state index contributed by atoms with van der Waals surface area (Å²) in [6.45, 7) is 6.94. The van der Waals surface area contributed by atoms with Crippen molar-refractivity contribution in [3.8, 4) is 0 Å². The summed E-state index contributed by atoms with van der Waals surface area (Å²) < 4.78 is 35.6. The van der Waals surface area contributed by atoms with Crippen molar-refractivity contribution in [1.29, 1.82) is 0 Å². The standard InChI is InChI=1S/C32H49N5O10/c1-24-29(40)30(41)32(23-46-31(24)47-32)22-37-20-26(35-36-37)21-45-16-7-14-43-12-5-11-42-13-6-15-44-17-10-34-28(39)19-33-18-27(38)25-8-3-2-4-9-25/h2-4,8-9,20,24,29-31,33,40-41H,5-7,10-19,21-23H2,1H3,(H,34,39)/t24-,29-,30-,31+,32+/m1/s1. The Balaban J connectivity index is 0.883. The SMILES string of the molecule is C[C@H]1[C@H]2OC[C@](Cn3cc(COCCCOCCCOCCCOCCNC(=O)CNCC(=O)c4ccccc4)nn3)(O2)[C@H](O)[C@@H]1O. The highest BCUT2D eigenvalue weighted by atomic mass is 16.7. The van der Waals surface area contributed by atoms with Crippen molar-refractivity contribution in [2.75, 3.05) is 72.5 Å². The van der Waals surface area contributed by atoms with E-state index in [2.05, 4.69) is 20.9 Å². The van der Waals surface area contributed by atoms with Gasteiger partial charge < -0.3 is 49.3 Å². The third kappa shape index (κ3) is 12.0. The molecule has 0 spiro atoms. The number of aromatic nitrogens is 3. The summed E-state index contributed by atoms with van der Waals surface area (Å²) in [4.78, 5) is 23.9. The van der Waals surface area contributed by atoms with E-state index in [4.69, 9.17) is 28.4 Å². The van der Waals surface area contributed by atoms with E-state index in [1.807, 2.05) is 6.07 Å². The van der Waals surface area contributed by atoms with Gasteiger partial charge in [0.1, 0.15) is 17.4 Å². The Hall–Kier alpha value is -2.86. The lowest BCUT2D eigenvalue weighted by atomic mass is 9.85. The first-order valence-corrected chi connectivity index (χ1v) is 16.3. The average molecular weight is 664 g/mol. The summed E-state index contributed by atoms with van der Waals surface area (Å²) in [5, 5.41) is 34.8. The van der Waals surface area contributed by atoms with E-state index in [1.165, 1.54) is 0 Å². The van der Waals surface area contributed by atoms with Gasteiger partial charge in [0.25, 0.3) is 0 Å². The molecular weight excluding hydrogens is 614 g/mol. The molecule has 47 heavy (non-hydrogen) atoms. The van der Waals surface area contributed by atoms with Gasteiger partial charge in [-0.1, -0.05) is 42.5 Å². The number of hydrogen-bond donors (Lipinski definition) is 4. The van der Waals surface area contributed by atoms with Gasteiger partial charge in [0.05, 0.1) is 51.8 Å². The number of ether oxygens (including phenoxy) is 6. The van der Waals surface area contributed by atoms with Crippen molar-refractivity contribution in [3.05, 3.63) is 47.8 Å². The van der Waals surface area contributed by atoms with Crippen LogP contribution in [0.4, 0.5) is 0 Å². The van der Waals surface area contributed by atoms with Gasteiger partial charge in [-0.2, -0.15) is 0 Å². The van der Waals surface area contributed by atoms with Crippen molar-refractivity contribution >= 4 is 11.7 Å². The number of aliphatic hydroxyl groups excluding tert-OH is 2. The van der Waals surface area contributed by atoms with Crippen LogP contribution < -0.4 is 10.6 Å². The smallest absolute Gasteiger partial charge is 0.234 e. The summed E-state index contributed by atoms with van der Waals surface area (Å²) >= 11 is 0. The van der Waals surface area contributed by atoms with Crippen molar-refractivity contribution in [2.45, 2.75) is 63.4 Å². The fourth-order valence-electron chi connectivity index (χ4n) is 5.24. The van der Waals surface area contributed by atoms with Crippen molar-refractivity contribution < 1.29 is 48.2 Å². The maximum Gasteiger partial charge on any atom is 0.234 e. The molecule has 0 aliphatic carbocycles. The maximum absolute atomic E-state index is 12.0. The Kier molecular flexibility index (Phi) is 15.6. The van der Waals surface area contributed by atoms with Crippen LogP contribution in [-0.2, 0) is 46.4 Å². The topological polar surface area (TPSA) is 185 Å². The molecule has 2 aromatic rings. The minimum absolute atomic E-state index is 0.0551. The molecule has 15 nitrogen and oxygen atoms in total. The van der Waals surface area contributed by atoms with Gasteiger partial charge in [0.15, 0.2) is 12.1 Å². The van der Waals surface area contributed by atoms with E-state index >= 15 is 0 Å². The number of benzene rings is 1. The van der Waals surface area contributed by atoms with E-state index in [-0.39, 0.29) is 43.8 Å². The molecule has 2 aliphatic rings. The Bertz CT molecular complexity index is 1200. The van der Waals surface area contributed by atoms with Gasteiger partial charge in [-0.05, 0) is 19.3 Å². The van der Waals surface area contributed by atoms with Gasteiger partial charge in [-0.3, -0.25) is 9.59 Å². The zero-order chi connectivity index (χ0) is 33.3. The highest BCUT2D eigenvalue weighted by Gasteiger charge is 2.58. The lowest BCUT2D eigenvalue weighted by molar-refractivity contribution is -0.240. The first kappa shape index (κ1) is 37.0. The number of hydrogen-bond acceptors (Lipinski definition) is 13. The van der Waals surface area contributed by atoms with Gasteiger partial charge in [-0.15, -0.1) is 5.10 Å². The number of carbonyl (C=O) groups is 2. The molecule has 2 saturated heterocycles. The third-order valence-corrected chi connectivity index (χ3v) is 7.91. The lowest BCUT2D eigenvalue weighted by Crippen LogP contribution is -2.59. The van der Waals surface area contributed by atoms with E-state index < -0.39 is 24.1 Å². The second-order valence-corrected chi connectivity index (χ2v) is 11.8. The largest absolute Gasteiger partial charge is 0.390 e. The number of rotatable bonds is 24. The number of aliphatic hydroxyl groups is 2. The molecule has 4 rings (SSSR count). The number of nitrogens with one attached hydrogen (secondary N) is 2. The van der Waals surface area contributed by atoms with E-state index in [1.54, 1.807) is 42.1 Å². The van der Waals surface area contributed by atoms with Crippen LogP contribution in [0.2, 0.25) is 0 Å². The number of ketones is 1. The Morgan fingerprint density at radius 3 is 2.32 bits per heavy atom. The van der Waals surface area contributed by atoms with E-state index in [0.717, 1.165) is 19.3 Å². The van der Waals surface area contributed by atoms with Crippen molar-refractivity contribution in [3.63, 3.8) is 0 Å². The molecule has 0 saturated carbocycles. The number of fused-ring (bicyclic) bond motifs is 2. The first-order valence-electron chi connectivity index (χ1n) is 16.3. The molecule has 15 heteroatoms. The fraction of sp³-hybridized carbons (Fsp3) is 0.688. The predicted octanol–water partition coefficient (Wildman–Crippen LogP) is 0.0867. The third-order valence-electron chi connectivity index (χ3n) is 7.91. The molecule has 0 unspecified atom stereocenters. The van der Waals surface area contributed by atoms with E-state index in [0.29, 0.717) is 70.7 Å². The zero-order valence-corrected chi connectivity index (χ0v) is 27.1. The van der Waals surface area contributed by atoms with Crippen LogP contribution in [0, 0.1) is 5.92 Å². The van der Waals surface area contributed by atoms with Gasteiger partial charge in [0.2, 0.25) is 5.91 Å². The normalized spacial score (nSPS) is 23.6. The highest BCUT2D eigenvalue weighted by molar-refractivity contribution is 5.97. The highest BCUT2D eigenvalue weighted by Crippen LogP contribution is 2.40. The second kappa shape index (κ2) is 19.8. The molecule has 5 atom stereocenters. The van der Waals surface area contributed by atoms with Crippen LogP contribution in [0.3, 0.4) is 0 Å². The van der Waals surface area contributed by atoms with Crippen LogP contribution in [0.15, 0.2) is 36.5 Å². The molecule has 4 N–H and O–H groups in total. The predicted molar refractivity (Wildman–Crippen MR) is 167 cm³/mol. The molecule has 2 aliphatic heterocycles. The van der Waals surface area contributed by atoms with Crippen LogP contribution in [0.1, 0.15) is 42.2 Å². The molecule has 2 fully saturated rings. The van der Waals surface area contributed by atoms with Crippen molar-refractivity contribution in [2.24, 2.45) is 5.92 Å². The number of amides is 1. The summed E-state index contributed by atoms with van der Waals surface area (Å²) in [5.74, 6) is -0.547. The Morgan fingerprint density at radius 2 is 1.62 bits per heavy atom. The molecular formula is C32H49N5O10. The molecule has 1 aromatic carbocycles. The second-order valence-electron chi connectivity index (χ2n) is 11.8. The molecule has 2 bridgehead atoms. The zero-order valence-electron chi connectivity index (χ0n) is 27.1. The maximum atomic E-state index is 12.0. The summed E-state index contributed by atoms with van der Waals surface area (Å²) in [6.07, 6.45) is 1.50. The number of carbonyl (C=O) groups excluding carboxylic acids is 2. The van der Waals surface area contributed by atoms with Gasteiger partial charge in [-0.25, -0.2) is 4.68 Å². The van der Waals surface area contributed by atoms with Crippen LogP contribution >= 0.6 is 0 Å². The minimum Gasteiger partial charge on any atom is -0.390 e. The molecule has 1 amide bonds. The van der Waals surface area contributed by atoms with Crippen LogP contribution in [-0.4, -0.2) is 133 Å². The van der Waals surface area contributed by atoms with E-state index in [9.17, 15) is 19.8 Å². The average Bonchev–Trinajstić information content (AvgIpc) is 3.71. The van der Waals surface area contributed by atoms with Crippen LogP contribution in [0.5, 0.6) is 0 Å². The summed E-state index contributed by atoms with van der Waals surface area (Å²) in [6, 6.07) is 8.96. The summed E-state index contributed by atoms with van der Waals surface area (Å²) in [5.41, 5.74) is 0.227. The Labute approximate surface area is 275 Å². The molecule has 0 radical (unpaired) electrons.